The van der Waals surface area contributed by atoms with E-state index >= 15 is 0 Å². The molecule has 0 spiro atoms. The maximum Gasteiger partial charge on any atom is 0.323 e. The smallest absolute Gasteiger partial charge is 0.323 e. The first-order chi connectivity index (χ1) is 9.92. The number of non-ortho nitro benzene ring substituents is 1. The fourth-order valence-corrected chi connectivity index (χ4v) is 2.67. The molecule has 114 valence electrons. The number of hydrogen-bond acceptors (Lipinski definition) is 6. The topological polar surface area (TPSA) is 92.9 Å². The van der Waals surface area contributed by atoms with Gasteiger partial charge in [-0.25, -0.2) is 0 Å². The third kappa shape index (κ3) is 3.49. The fourth-order valence-electron chi connectivity index (χ4n) is 2.43. The third-order valence-electron chi connectivity index (χ3n) is 3.48. The molecular formula is C13H15ClN2O5. The first kappa shape index (κ1) is 15.7. The van der Waals surface area contributed by atoms with Crippen LogP contribution in [0.25, 0.3) is 0 Å². The Morgan fingerprint density at radius 1 is 1.62 bits per heavy atom. The van der Waals surface area contributed by atoms with Gasteiger partial charge in [-0.3, -0.25) is 19.8 Å². The van der Waals surface area contributed by atoms with Crippen molar-refractivity contribution in [2.45, 2.75) is 25.1 Å². The summed E-state index contributed by atoms with van der Waals surface area (Å²) in [7, 11) is 1.30. The molecule has 21 heavy (non-hydrogen) atoms. The number of halogens is 1. The van der Waals surface area contributed by atoms with Gasteiger partial charge in [-0.1, -0.05) is 11.6 Å². The molecule has 2 unspecified atom stereocenters. The van der Waals surface area contributed by atoms with Gasteiger partial charge in [-0.2, -0.15) is 0 Å². The van der Waals surface area contributed by atoms with Gasteiger partial charge >= 0.3 is 5.97 Å². The molecule has 7 nitrogen and oxygen atoms in total. The molecule has 1 aliphatic rings. The molecule has 1 N–H and O–H groups in total. The Bertz CT molecular complexity index is 565. The molecule has 1 aromatic rings. The van der Waals surface area contributed by atoms with Crippen molar-refractivity contribution in [1.82, 2.24) is 4.90 Å². The Kier molecular flexibility index (Phi) is 4.76. The maximum atomic E-state index is 11.7. The maximum absolute atomic E-state index is 11.7. The van der Waals surface area contributed by atoms with E-state index in [9.17, 15) is 20.0 Å². The number of aliphatic hydroxyl groups excluding tert-OH is 1. The van der Waals surface area contributed by atoms with E-state index in [1.165, 1.54) is 19.2 Å². The first-order valence-corrected chi connectivity index (χ1v) is 6.73. The highest BCUT2D eigenvalue weighted by atomic mass is 35.5. The molecule has 8 heteroatoms. The van der Waals surface area contributed by atoms with Gasteiger partial charge in [0.1, 0.15) is 6.04 Å². The summed E-state index contributed by atoms with van der Waals surface area (Å²) in [5, 5.41) is 20.6. The first-order valence-electron chi connectivity index (χ1n) is 6.35. The SMILES string of the molecule is COC(=O)C1CC(O)CN1Cc1ccc([N+](=O)[O-])cc1Cl. The second-order valence-corrected chi connectivity index (χ2v) is 5.30. The van der Waals surface area contributed by atoms with Crippen molar-refractivity contribution in [3.63, 3.8) is 0 Å². The van der Waals surface area contributed by atoms with Gasteiger partial charge in [-0.05, 0) is 11.6 Å². The van der Waals surface area contributed by atoms with Crippen molar-refractivity contribution >= 4 is 23.3 Å². The van der Waals surface area contributed by atoms with Crippen LogP contribution in [0.3, 0.4) is 0 Å². The Labute approximate surface area is 126 Å². The summed E-state index contributed by atoms with van der Waals surface area (Å²) in [5.74, 6) is -0.412. The van der Waals surface area contributed by atoms with E-state index in [2.05, 4.69) is 0 Å². The van der Waals surface area contributed by atoms with Crippen molar-refractivity contribution in [3.8, 4) is 0 Å². The summed E-state index contributed by atoms with van der Waals surface area (Å²) >= 11 is 6.04. The van der Waals surface area contributed by atoms with Gasteiger partial charge < -0.3 is 9.84 Å². The number of likely N-dealkylation sites (tertiary alicyclic amines) is 1. The van der Waals surface area contributed by atoms with Gasteiger partial charge in [-0.15, -0.1) is 0 Å². The zero-order chi connectivity index (χ0) is 15.6. The Balaban J connectivity index is 2.17. The highest BCUT2D eigenvalue weighted by Crippen LogP contribution is 2.27. The van der Waals surface area contributed by atoms with Crippen LogP contribution in [-0.2, 0) is 16.1 Å². The number of ether oxygens (including phenoxy) is 1. The van der Waals surface area contributed by atoms with Gasteiger partial charge in [0.2, 0.25) is 0 Å². The number of carbonyl (C=O) groups is 1. The highest BCUT2D eigenvalue weighted by molar-refractivity contribution is 6.31. The second kappa shape index (κ2) is 6.38. The average molecular weight is 315 g/mol. The van der Waals surface area contributed by atoms with Crippen LogP contribution in [0.2, 0.25) is 5.02 Å². The van der Waals surface area contributed by atoms with Crippen LogP contribution in [-0.4, -0.2) is 46.7 Å². The summed E-state index contributed by atoms with van der Waals surface area (Å²) in [6, 6.07) is 3.66. The number of hydrogen-bond donors (Lipinski definition) is 1. The highest BCUT2D eigenvalue weighted by Gasteiger charge is 2.36. The number of esters is 1. The Morgan fingerprint density at radius 2 is 2.33 bits per heavy atom. The standard InChI is InChI=1S/C13H15ClN2O5/c1-21-13(18)12-5-10(17)7-15(12)6-8-2-3-9(16(19)20)4-11(8)14/h2-4,10,12,17H,5-7H2,1H3. The minimum Gasteiger partial charge on any atom is -0.468 e. The molecule has 0 bridgehead atoms. The summed E-state index contributed by atoms with van der Waals surface area (Å²) in [6.45, 7) is 0.640. The monoisotopic (exact) mass is 314 g/mol. The van der Waals surface area contributed by atoms with Gasteiger partial charge in [0.25, 0.3) is 5.69 Å². The van der Waals surface area contributed by atoms with E-state index in [4.69, 9.17) is 16.3 Å². The predicted molar refractivity (Wildman–Crippen MR) is 74.9 cm³/mol. The number of aliphatic hydroxyl groups is 1. The van der Waals surface area contributed by atoms with Gasteiger partial charge in [0.05, 0.1) is 23.2 Å². The lowest BCUT2D eigenvalue weighted by molar-refractivity contribution is -0.384. The molecule has 0 radical (unpaired) electrons. The largest absolute Gasteiger partial charge is 0.468 e. The van der Waals surface area contributed by atoms with E-state index in [-0.39, 0.29) is 10.7 Å². The molecule has 2 rings (SSSR count). The van der Waals surface area contributed by atoms with E-state index < -0.39 is 23.0 Å². The van der Waals surface area contributed by atoms with Crippen molar-refractivity contribution in [3.05, 3.63) is 38.9 Å². The van der Waals surface area contributed by atoms with E-state index in [1.54, 1.807) is 11.0 Å². The van der Waals surface area contributed by atoms with Crippen molar-refractivity contribution in [2.75, 3.05) is 13.7 Å². The van der Waals surface area contributed by atoms with E-state index in [1.807, 2.05) is 0 Å². The summed E-state index contributed by atoms with van der Waals surface area (Å²) in [6.07, 6.45) is -0.303. The number of nitro groups is 1. The van der Waals surface area contributed by atoms with Crippen LogP contribution in [0.4, 0.5) is 5.69 Å². The van der Waals surface area contributed by atoms with Crippen LogP contribution in [0.5, 0.6) is 0 Å². The molecule has 1 saturated heterocycles. The fraction of sp³-hybridized carbons (Fsp3) is 0.462. The number of benzene rings is 1. The van der Waals surface area contributed by atoms with Gasteiger partial charge in [0.15, 0.2) is 0 Å². The van der Waals surface area contributed by atoms with E-state index in [0.29, 0.717) is 25.1 Å². The molecule has 1 fully saturated rings. The molecule has 1 aromatic carbocycles. The zero-order valence-electron chi connectivity index (χ0n) is 11.4. The molecule has 1 heterocycles. The number of β-amino-alcohol motifs (C(OH)–C–C–N with tert-alkyl or cyclic N) is 1. The lowest BCUT2D eigenvalue weighted by Gasteiger charge is -2.22. The normalized spacial score (nSPS) is 22.2. The zero-order valence-corrected chi connectivity index (χ0v) is 12.1. The molecular weight excluding hydrogens is 300 g/mol. The number of methoxy groups -OCH3 is 1. The Hall–Kier alpha value is -1.70. The van der Waals surface area contributed by atoms with Crippen LogP contribution in [0.1, 0.15) is 12.0 Å². The van der Waals surface area contributed by atoms with Crippen LogP contribution >= 0.6 is 11.6 Å². The van der Waals surface area contributed by atoms with Crippen molar-refractivity contribution in [1.29, 1.82) is 0 Å². The molecule has 1 aliphatic heterocycles. The minimum atomic E-state index is -0.606. The number of nitro benzene ring substituents is 1. The number of carbonyl (C=O) groups excluding carboxylic acids is 1. The number of rotatable bonds is 4. The van der Waals surface area contributed by atoms with Crippen LogP contribution in [0.15, 0.2) is 18.2 Å². The summed E-state index contributed by atoms with van der Waals surface area (Å²) < 4.78 is 4.72. The Morgan fingerprint density at radius 3 is 2.90 bits per heavy atom. The average Bonchev–Trinajstić information content (AvgIpc) is 2.80. The third-order valence-corrected chi connectivity index (χ3v) is 3.83. The van der Waals surface area contributed by atoms with Crippen molar-refractivity contribution < 1.29 is 19.6 Å². The molecule has 0 amide bonds. The quantitative estimate of drug-likeness (QED) is 0.512. The van der Waals surface area contributed by atoms with Crippen LogP contribution in [0, 0.1) is 10.1 Å². The molecule has 0 saturated carbocycles. The minimum absolute atomic E-state index is 0.0882. The molecule has 2 atom stereocenters. The lowest BCUT2D eigenvalue weighted by atomic mass is 10.1. The van der Waals surface area contributed by atoms with Gasteiger partial charge in [0, 0.05) is 31.6 Å². The molecule has 0 aromatic heterocycles. The molecule has 0 aliphatic carbocycles. The van der Waals surface area contributed by atoms with E-state index in [0.717, 1.165) is 0 Å². The lowest BCUT2D eigenvalue weighted by Crippen LogP contribution is -2.36. The second-order valence-electron chi connectivity index (χ2n) is 4.89. The summed E-state index contributed by atoms with van der Waals surface area (Å²) in [4.78, 5) is 23.6. The summed E-state index contributed by atoms with van der Waals surface area (Å²) in [5.41, 5.74) is 0.569. The van der Waals surface area contributed by atoms with Crippen molar-refractivity contribution in [2.24, 2.45) is 0 Å². The predicted octanol–water partition coefficient (Wildman–Crippen LogP) is 1.36. The number of nitrogens with zero attached hydrogens (tertiary/aromatic N) is 2. The van der Waals surface area contributed by atoms with Crippen LogP contribution < -0.4 is 0 Å².